The van der Waals surface area contributed by atoms with Crippen molar-refractivity contribution in [2.45, 2.75) is 160 Å². The fourth-order valence-corrected chi connectivity index (χ4v) is 8.23. The van der Waals surface area contributed by atoms with Gasteiger partial charge in [-0.05, 0) is 44.7 Å². The number of benzene rings is 1. The topological polar surface area (TPSA) is 173 Å². The number of unbranched alkanes of at least 4 members (excludes halogenated alkanes) is 12. The van der Waals surface area contributed by atoms with E-state index < -0.39 is 50.4 Å². The summed E-state index contributed by atoms with van der Waals surface area (Å²) >= 11 is 0. The first-order valence-corrected chi connectivity index (χ1v) is 21.5. The van der Waals surface area contributed by atoms with Gasteiger partial charge in [-0.15, -0.1) is 6.42 Å². The first kappa shape index (κ1) is 44.1. The number of carbonyl (C=O) groups is 1. The van der Waals surface area contributed by atoms with Crippen molar-refractivity contribution < 1.29 is 37.4 Å². The van der Waals surface area contributed by atoms with Crippen LogP contribution in [0.1, 0.15) is 136 Å². The zero-order chi connectivity index (χ0) is 39.7. The van der Waals surface area contributed by atoms with Crippen molar-refractivity contribution in [3.05, 3.63) is 42.7 Å². The molecule has 0 spiro atoms. The van der Waals surface area contributed by atoms with E-state index in [1.54, 1.807) is 30.3 Å². The van der Waals surface area contributed by atoms with Gasteiger partial charge in [-0.3, -0.25) is 13.9 Å². The Hall–Kier alpha value is -3.60. The zero-order valence-corrected chi connectivity index (χ0v) is 33.6. The highest BCUT2D eigenvalue weighted by Crippen LogP contribution is 2.48. The van der Waals surface area contributed by atoms with Gasteiger partial charge in [-0.25, -0.2) is 9.55 Å². The normalized spacial score (nSPS) is 20.0. The molecule has 0 aliphatic carbocycles. The summed E-state index contributed by atoms with van der Waals surface area (Å²) < 4.78 is 53.8. The number of rotatable bonds is 26. The van der Waals surface area contributed by atoms with Crippen molar-refractivity contribution >= 4 is 30.7 Å². The average molecular weight is 787 g/mol. The number of halogens is 1. The van der Waals surface area contributed by atoms with E-state index in [1.807, 2.05) is 0 Å². The highest BCUT2D eigenvalue weighted by Gasteiger charge is 2.50. The smallest absolute Gasteiger partial charge is 0.459 e. The molecule has 1 saturated heterocycles. The third-order valence-corrected chi connectivity index (χ3v) is 11.6. The lowest BCUT2D eigenvalue weighted by atomic mass is 9.99. The highest BCUT2D eigenvalue weighted by atomic mass is 31.2. The molecular formula is C40H60FN6O7P. The number of aliphatic hydroxyl groups is 1. The van der Waals surface area contributed by atoms with Crippen molar-refractivity contribution in [3.8, 4) is 18.1 Å². The first-order valence-electron chi connectivity index (χ1n) is 20.0. The number of nitrogens with one attached hydrogen (secondary N) is 1. The lowest BCUT2D eigenvalue weighted by Crippen LogP contribution is -2.44. The number of esters is 1. The van der Waals surface area contributed by atoms with Crippen molar-refractivity contribution in [2.75, 3.05) is 12.3 Å². The molecule has 304 valence electrons. The van der Waals surface area contributed by atoms with E-state index in [-0.39, 0.29) is 35.3 Å². The zero-order valence-electron chi connectivity index (χ0n) is 32.7. The quantitative estimate of drug-likeness (QED) is 0.0233. The standard InChI is InChI=1S/C40H60FN6O7P/c1-5-8-10-12-14-16-19-23-31(24-20-17-15-13-11-9-6-2)52-38(49)30(4)46-55(50,54-32-25-21-18-22-26-32)51-28-40(7-3)33(48)27-34(53-40)47-29-43-35-36(42)44-39(41)45-37(35)47/h3,18,21-22,25-26,29-31,33-34,48H,5-6,8-17,19-20,23-24,27-28H2,1-2,4H3,(H,46,50)(H2,42,44,45)/t30-,33-,34+,40+,55+/m0/s1. The predicted octanol–water partition coefficient (Wildman–Crippen LogP) is 8.57. The number of hydrogen-bond donors (Lipinski definition) is 3. The SMILES string of the molecule is C#C[C@]1(CO[P@](=O)(N[C@@H](C)C(=O)OC(CCCCCCCCC)CCCCCCCCC)Oc2ccccc2)O[C@@H](n2cnc3c(N)nc(F)nc32)C[C@@H]1O. The highest BCUT2D eigenvalue weighted by molar-refractivity contribution is 7.52. The Morgan fingerprint density at radius 3 is 2.25 bits per heavy atom. The minimum Gasteiger partial charge on any atom is -0.461 e. The number of aliphatic hydroxyl groups excluding tert-OH is 1. The third kappa shape index (κ3) is 13.2. The lowest BCUT2D eigenvalue weighted by Gasteiger charge is -2.30. The van der Waals surface area contributed by atoms with Crippen LogP contribution in [0.5, 0.6) is 5.75 Å². The molecule has 13 nitrogen and oxygen atoms in total. The second-order valence-corrected chi connectivity index (χ2v) is 16.2. The lowest BCUT2D eigenvalue weighted by molar-refractivity contribution is -0.151. The molecule has 4 rings (SSSR count). The number of imidazole rings is 1. The van der Waals surface area contributed by atoms with Gasteiger partial charge in [-0.2, -0.15) is 19.4 Å². The number of nitrogens with two attached hydrogens (primary N) is 1. The minimum absolute atomic E-state index is 0.0419. The molecule has 0 saturated carbocycles. The van der Waals surface area contributed by atoms with Crippen LogP contribution in [-0.4, -0.2) is 61.1 Å². The summed E-state index contributed by atoms with van der Waals surface area (Å²) in [5.74, 6) is 1.91. The van der Waals surface area contributed by atoms with Crippen LogP contribution in [0, 0.1) is 18.4 Å². The second-order valence-electron chi connectivity index (χ2n) is 14.5. The summed E-state index contributed by atoms with van der Waals surface area (Å²) in [6.07, 6.45) is 21.3. The Kier molecular flexibility index (Phi) is 17.8. The maximum atomic E-state index is 14.4. The van der Waals surface area contributed by atoms with E-state index in [0.29, 0.717) is 0 Å². The van der Waals surface area contributed by atoms with Crippen molar-refractivity contribution in [1.82, 2.24) is 24.6 Å². The Balaban J connectivity index is 1.43. The first-order chi connectivity index (χ1) is 26.5. The third-order valence-electron chi connectivity index (χ3n) is 9.95. The van der Waals surface area contributed by atoms with Crippen LogP contribution in [0.15, 0.2) is 36.7 Å². The molecule has 3 aromatic rings. The summed E-state index contributed by atoms with van der Waals surface area (Å²) in [6.45, 7) is 5.35. The number of ether oxygens (including phenoxy) is 2. The summed E-state index contributed by atoms with van der Waals surface area (Å²) in [7, 11) is -4.38. The van der Waals surface area contributed by atoms with E-state index in [9.17, 15) is 18.9 Å². The van der Waals surface area contributed by atoms with Crippen LogP contribution in [0.4, 0.5) is 10.2 Å². The van der Waals surface area contributed by atoms with Crippen molar-refractivity contribution in [1.29, 1.82) is 0 Å². The molecule has 0 unspecified atom stereocenters. The number of carbonyl (C=O) groups excluding carboxylic acids is 1. The van der Waals surface area contributed by atoms with Crippen LogP contribution in [-0.2, 0) is 23.4 Å². The number of nitrogen functional groups attached to an aromatic ring is 1. The molecule has 5 atom stereocenters. The molecule has 1 aliphatic heterocycles. The molecule has 0 amide bonds. The van der Waals surface area contributed by atoms with Crippen LogP contribution in [0.2, 0.25) is 0 Å². The number of fused-ring (bicyclic) bond motifs is 1. The van der Waals surface area contributed by atoms with Crippen molar-refractivity contribution in [2.24, 2.45) is 0 Å². The van der Waals surface area contributed by atoms with Gasteiger partial charge in [0.2, 0.25) is 0 Å². The van der Waals surface area contributed by atoms with Gasteiger partial charge in [0.25, 0.3) is 0 Å². The molecule has 2 aromatic heterocycles. The summed E-state index contributed by atoms with van der Waals surface area (Å²) in [5.41, 5.74) is 4.18. The fourth-order valence-electron chi connectivity index (χ4n) is 6.71. The summed E-state index contributed by atoms with van der Waals surface area (Å²) in [6, 6.07) is 7.24. The molecule has 4 N–H and O–H groups in total. The van der Waals surface area contributed by atoms with E-state index in [4.69, 9.17) is 30.7 Å². The van der Waals surface area contributed by atoms with Crippen LogP contribution in [0.25, 0.3) is 11.2 Å². The minimum atomic E-state index is -4.38. The summed E-state index contributed by atoms with van der Waals surface area (Å²) in [4.78, 5) is 25.0. The number of aromatic nitrogens is 4. The van der Waals surface area contributed by atoms with Gasteiger partial charge in [0, 0.05) is 6.42 Å². The molecule has 1 aromatic carbocycles. The van der Waals surface area contributed by atoms with Gasteiger partial charge >= 0.3 is 19.8 Å². The van der Waals surface area contributed by atoms with Gasteiger partial charge < -0.3 is 24.8 Å². The number of para-hydroxylation sites is 1. The van der Waals surface area contributed by atoms with Gasteiger partial charge in [0.15, 0.2) is 22.6 Å². The Labute approximate surface area is 325 Å². The average Bonchev–Trinajstić information content (AvgIpc) is 3.74. The maximum absolute atomic E-state index is 14.4. The van der Waals surface area contributed by atoms with E-state index in [1.165, 1.54) is 69.2 Å². The molecular weight excluding hydrogens is 726 g/mol. The number of anilines is 1. The monoisotopic (exact) mass is 786 g/mol. The van der Waals surface area contributed by atoms with Crippen molar-refractivity contribution in [3.63, 3.8) is 0 Å². The Morgan fingerprint density at radius 2 is 1.65 bits per heavy atom. The molecule has 15 heteroatoms. The predicted molar refractivity (Wildman–Crippen MR) is 210 cm³/mol. The van der Waals surface area contributed by atoms with E-state index in [0.717, 1.165) is 51.4 Å². The fraction of sp³-hybridized carbons (Fsp3) is 0.650. The number of nitrogens with zero attached hydrogens (tertiary/aromatic N) is 4. The molecule has 0 bridgehead atoms. The molecule has 55 heavy (non-hydrogen) atoms. The number of hydrogen-bond acceptors (Lipinski definition) is 11. The number of terminal acetylenes is 1. The van der Waals surface area contributed by atoms with Gasteiger partial charge in [0.1, 0.15) is 36.8 Å². The largest absolute Gasteiger partial charge is 0.461 e. The van der Waals surface area contributed by atoms with Gasteiger partial charge in [0.05, 0.1) is 6.33 Å². The van der Waals surface area contributed by atoms with Crippen LogP contribution in [0.3, 0.4) is 0 Å². The maximum Gasteiger partial charge on any atom is 0.459 e. The summed E-state index contributed by atoms with van der Waals surface area (Å²) in [5, 5.41) is 13.9. The van der Waals surface area contributed by atoms with E-state index in [2.05, 4.69) is 39.8 Å². The van der Waals surface area contributed by atoms with Crippen LogP contribution < -0.4 is 15.3 Å². The van der Waals surface area contributed by atoms with E-state index >= 15 is 0 Å². The molecule has 1 aliphatic rings. The molecule has 3 heterocycles. The molecule has 1 fully saturated rings. The van der Waals surface area contributed by atoms with Crippen LogP contribution >= 0.6 is 7.75 Å². The van der Waals surface area contributed by atoms with Gasteiger partial charge in [-0.1, -0.05) is 115 Å². The second kappa shape index (κ2) is 22.2. The molecule has 0 radical (unpaired) electrons. The Bertz CT molecular complexity index is 1690. The Morgan fingerprint density at radius 1 is 1.05 bits per heavy atom.